The molecule has 0 heterocycles. The van der Waals surface area contributed by atoms with Crippen LogP contribution in [0.1, 0.15) is 6.92 Å². The van der Waals surface area contributed by atoms with Gasteiger partial charge in [0.05, 0.1) is 11.9 Å². The van der Waals surface area contributed by atoms with Crippen LogP contribution >= 0.6 is 11.8 Å². The lowest BCUT2D eigenvalue weighted by atomic mass is 10.4. The predicted molar refractivity (Wildman–Crippen MR) is 66.6 cm³/mol. The summed E-state index contributed by atoms with van der Waals surface area (Å²) in [7, 11) is 1.62. The van der Waals surface area contributed by atoms with Crippen LogP contribution in [0, 0.1) is 0 Å². The predicted octanol–water partition coefficient (Wildman–Crippen LogP) is 1.93. The van der Waals surface area contributed by atoms with Crippen molar-refractivity contribution in [3.8, 4) is 0 Å². The highest BCUT2D eigenvalue weighted by atomic mass is 32.2. The van der Waals surface area contributed by atoms with E-state index >= 15 is 0 Å². The summed E-state index contributed by atoms with van der Waals surface area (Å²) in [5.74, 6) is 0.0471. The molecule has 1 atom stereocenters. The van der Waals surface area contributed by atoms with E-state index in [4.69, 9.17) is 4.74 Å². The van der Waals surface area contributed by atoms with E-state index < -0.39 is 0 Å². The van der Waals surface area contributed by atoms with Gasteiger partial charge in [0.25, 0.3) is 0 Å². The number of carbonyl (C=O) groups excluding carboxylic acids is 1. The molecule has 0 fully saturated rings. The number of rotatable bonds is 6. The number of amides is 1. The third-order valence-corrected chi connectivity index (χ3v) is 3.14. The van der Waals surface area contributed by atoms with Crippen molar-refractivity contribution in [3.05, 3.63) is 30.3 Å². The van der Waals surface area contributed by atoms with E-state index in [1.54, 1.807) is 18.9 Å². The van der Waals surface area contributed by atoms with E-state index in [9.17, 15) is 4.79 Å². The Labute approximate surface area is 101 Å². The van der Waals surface area contributed by atoms with Gasteiger partial charge < -0.3 is 10.1 Å². The van der Waals surface area contributed by atoms with E-state index in [0.29, 0.717) is 13.2 Å². The van der Waals surface area contributed by atoms with Crippen LogP contribution in [0.3, 0.4) is 0 Å². The van der Waals surface area contributed by atoms with E-state index in [2.05, 4.69) is 5.32 Å². The summed E-state index contributed by atoms with van der Waals surface area (Å²) in [5, 5.41) is 2.73. The topological polar surface area (TPSA) is 38.3 Å². The van der Waals surface area contributed by atoms with Gasteiger partial charge in [0, 0.05) is 18.6 Å². The van der Waals surface area contributed by atoms with Gasteiger partial charge in [-0.2, -0.15) is 0 Å². The average molecular weight is 239 g/mol. The third-order valence-electron chi connectivity index (χ3n) is 2.03. The van der Waals surface area contributed by atoms with Gasteiger partial charge in [0.1, 0.15) is 0 Å². The monoisotopic (exact) mass is 239 g/mol. The second-order valence-electron chi connectivity index (χ2n) is 3.36. The normalized spacial score (nSPS) is 12.1. The SMILES string of the molecule is COCCNC(=O)[C@H](C)Sc1ccccc1. The molecule has 0 unspecified atom stereocenters. The van der Waals surface area contributed by atoms with Gasteiger partial charge in [-0.1, -0.05) is 18.2 Å². The first-order chi connectivity index (χ1) is 7.74. The van der Waals surface area contributed by atoms with Crippen LogP contribution in [-0.4, -0.2) is 31.4 Å². The number of nitrogens with one attached hydrogen (secondary N) is 1. The average Bonchev–Trinajstić information content (AvgIpc) is 2.30. The molecule has 0 spiro atoms. The maximum absolute atomic E-state index is 11.6. The molecule has 0 aliphatic heterocycles. The molecule has 1 amide bonds. The molecule has 0 saturated carbocycles. The highest BCUT2D eigenvalue weighted by Gasteiger charge is 2.13. The standard InChI is InChI=1S/C12H17NO2S/c1-10(12(14)13-8-9-15-2)16-11-6-4-3-5-7-11/h3-7,10H,8-9H2,1-2H3,(H,13,14)/t10-/m0/s1. The molecule has 1 rings (SSSR count). The van der Waals surface area contributed by atoms with E-state index in [0.717, 1.165) is 4.90 Å². The van der Waals surface area contributed by atoms with Gasteiger partial charge in [-0.25, -0.2) is 0 Å². The summed E-state index contributed by atoms with van der Waals surface area (Å²) >= 11 is 1.56. The second kappa shape index (κ2) is 7.30. The van der Waals surface area contributed by atoms with Crippen molar-refractivity contribution in [1.29, 1.82) is 0 Å². The molecular formula is C12H17NO2S. The van der Waals surface area contributed by atoms with Crippen LogP contribution in [0.15, 0.2) is 35.2 Å². The number of methoxy groups -OCH3 is 1. The molecule has 1 aromatic carbocycles. The Balaban J connectivity index is 2.34. The molecule has 0 radical (unpaired) electrons. The van der Waals surface area contributed by atoms with Gasteiger partial charge in [-0.15, -0.1) is 11.8 Å². The number of hydrogen-bond donors (Lipinski definition) is 1. The van der Waals surface area contributed by atoms with E-state index in [1.165, 1.54) is 0 Å². The van der Waals surface area contributed by atoms with Gasteiger partial charge in [-0.05, 0) is 19.1 Å². The molecule has 16 heavy (non-hydrogen) atoms. The third kappa shape index (κ3) is 4.68. The molecule has 0 aromatic heterocycles. The first kappa shape index (κ1) is 13.1. The van der Waals surface area contributed by atoms with E-state index in [1.807, 2.05) is 37.3 Å². The minimum absolute atomic E-state index is 0.0471. The highest BCUT2D eigenvalue weighted by molar-refractivity contribution is 8.00. The van der Waals surface area contributed by atoms with Crippen LogP contribution in [0.25, 0.3) is 0 Å². The van der Waals surface area contributed by atoms with E-state index in [-0.39, 0.29) is 11.2 Å². The fraction of sp³-hybridized carbons (Fsp3) is 0.417. The molecule has 3 nitrogen and oxygen atoms in total. The summed E-state index contributed by atoms with van der Waals surface area (Å²) in [6.45, 7) is 3.02. The molecule has 0 bridgehead atoms. The highest BCUT2D eigenvalue weighted by Crippen LogP contribution is 2.22. The first-order valence-electron chi connectivity index (χ1n) is 5.22. The van der Waals surface area contributed by atoms with Crippen molar-refractivity contribution < 1.29 is 9.53 Å². The van der Waals surface area contributed by atoms with Crippen molar-refractivity contribution in [1.82, 2.24) is 5.32 Å². The van der Waals surface area contributed by atoms with Gasteiger partial charge in [0.15, 0.2) is 0 Å². The van der Waals surface area contributed by atoms with Gasteiger partial charge >= 0.3 is 0 Å². The number of ether oxygens (including phenoxy) is 1. The molecule has 0 aliphatic rings. The smallest absolute Gasteiger partial charge is 0.233 e. The minimum Gasteiger partial charge on any atom is -0.383 e. The van der Waals surface area contributed by atoms with Crippen LogP contribution in [-0.2, 0) is 9.53 Å². The number of hydrogen-bond acceptors (Lipinski definition) is 3. The molecule has 0 saturated heterocycles. The zero-order valence-corrected chi connectivity index (χ0v) is 10.4. The summed E-state index contributed by atoms with van der Waals surface area (Å²) < 4.78 is 4.87. The Morgan fingerprint density at radius 1 is 1.44 bits per heavy atom. The lowest BCUT2D eigenvalue weighted by Gasteiger charge is -2.11. The van der Waals surface area contributed by atoms with Gasteiger partial charge in [-0.3, -0.25) is 4.79 Å². The zero-order valence-electron chi connectivity index (χ0n) is 9.60. The Kier molecular flexibility index (Phi) is 5.96. The molecule has 88 valence electrons. The molecule has 0 aliphatic carbocycles. The second-order valence-corrected chi connectivity index (χ2v) is 4.77. The van der Waals surface area contributed by atoms with Crippen LogP contribution < -0.4 is 5.32 Å². The van der Waals surface area contributed by atoms with Gasteiger partial charge in [0.2, 0.25) is 5.91 Å². The van der Waals surface area contributed by atoms with Crippen molar-refractivity contribution in [2.45, 2.75) is 17.1 Å². The van der Waals surface area contributed by atoms with Crippen molar-refractivity contribution in [3.63, 3.8) is 0 Å². The van der Waals surface area contributed by atoms with Crippen molar-refractivity contribution in [2.24, 2.45) is 0 Å². The lowest BCUT2D eigenvalue weighted by Crippen LogP contribution is -2.33. The Bertz CT molecular complexity index is 316. The fourth-order valence-electron chi connectivity index (χ4n) is 1.18. The Morgan fingerprint density at radius 2 is 2.12 bits per heavy atom. The molecule has 1 aromatic rings. The molecule has 1 N–H and O–H groups in total. The summed E-state index contributed by atoms with van der Waals surface area (Å²) in [5.41, 5.74) is 0. The minimum atomic E-state index is -0.0840. The van der Waals surface area contributed by atoms with Crippen LogP contribution in [0.5, 0.6) is 0 Å². The quantitative estimate of drug-likeness (QED) is 0.609. The van der Waals surface area contributed by atoms with Crippen LogP contribution in [0.4, 0.5) is 0 Å². The summed E-state index contributed by atoms with van der Waals surface area (Å²) in [6.07, 6.45) is 0. The van der Waals surface area contributed by atoms with Crippen molar-refractivity contribution >= 4 is 17.7 Å². The maximum atomic E-state index is 11.6. The lowest BCUT2D eigenvalue weighted by molar-refractivity contribution is -0.120. The number of thioether (sulfide) groups is 1. The number of carbonyl (C=O) groups is 1. The Hall–Kier alpha value is -1.00. The largest absolute Gasteiger partial charge is 0.383 e. The Morgan fingerprint density at radius 3 is 2.75 bits per heavy atom. The summed E-state index contributed by atoms with van der Waals surface area (Å²) in [6, 6.07) is 9.91. The number of benzene rings is 1. The van der Waals surface area contributed by atoms with Crippen molar-refractivity contribution in [2.75, 3.05) is 20.3 Å². The molecular weight excluding hydrogens is 222 g/mol. The summed E-state index contributed by atoms with van der Waals surface area (Å²) in [4.78, 5) is 12.7. The maximum Gasteiger partial charge on any atom is 0.233 e. The fourth-order valence-corrected chi connectivity index (χ4v) is 2.09. The first-order valence-corrected chi connectivity index (χ1v) is 6.10. The van der Waals surface area contributed by atoms with Crippen LogP contribution in [0.2, 0.25) is 0 Å². The zero-order chi connectivity index (χ0) is 11.8. The molecule has 4 heteroatoms.